The van der Waals surface area contributed by atoms with Gasteiger partial charge >= 0.3 is 6.09 Å². The molecule has 0 aliphatic heterocycles. The van der Waals surface area contributed by atoms with Crippen LogP contribution in [0.3, 0.4) is 0 Å². The summed E-state index contributed by atoms with van der Waals surface area (Å²) in [6, 6.07) is 14.3. The molecule has 1 atom stereocenters. The zero-order valence-electron chi connectivity index (χ0n) is 22.3. The van der Waals surface area contributed by atoms with E-state index in [1.165, 1.54) is 0 Å². The van der Waals surface area contributed by atoms with E-state index in [0.717, 1.165) is 22.9 Å². The Bertz CT molecular complexity index is 1310. The second kappa shape index (κ2) is 11.7. The van der Waals surface area contributed by atoms with Gasteiger partial charge in [0.05, 0.1) is 11.5 Å². The summed E-state index contributed by atoms with van der Waals surface area (Å²) in [6.07, 6.45) is -0.261. The Morgan fingerprint density at radius 1 is 0.892 bits per heavy atom. The van der Waals surface area contributed by atoms with E-state index in [-0.39, 0.29) is 11.5 Å². The van der Waals surface area contributed by atoms with Gasteiger partial charge in [-0.15, -0.1) is 0 Å². The topological polar surface area (TPSA) is 127 Å². The van der Waals surface area contributed by atoms with Crippen LogP contribution in [0.4, 0.5) is 4.79 Å². The molecule has 1 amide bonds. The Balaban J connectivity index is 2.11. The minimum Gasteiger partial charge on any atom is -0.443 e. The fourth-order valence-corrected chi connectivity index (χ4v) is 4.71. The van der Waals surface area contributed by atoms with Crippen LogP contribution < -0.4 is 4.72 Å². The lowest BCUT2D eigenvalue weighted by Crippen LogP contribution is -2.43. The summed E-state index contributed by atoms with van der Waals surface area (Å²) in [6.45, 7) is 9.64. The highest BCUT2D eigenvalue weighted by Crippen LogP contribution is 2.24. The van der Waals surface area contributed by atoms with Crippen LogP contribution in [0.2, 0.25) is 0 Å². The molecule has 0 aliphatic carbocycles. The van der Waals surface area contributed by atoms with Crippen molar-refractivity contribution in [2.45, 2.75) is 58.3 Å². The minimum atomic E-state index is -4.02. The molecule has 0 heterocycles. The van der Waals surface area contributed by atoms with Crippen LogP contribution in [0.1, 0.15) is 63.4 Å². The number of amides is 1. The Morgan fingerprint density at radius 3 is 1.81 bits per heavy atom. The molecule has 204 valence electrons. The molecule has 0 saturated heterocycles. The minimum absolute atomic E-state index is 0.0228. The molecule has 0 fully saturated rings. The number of benzene rings is 2. The molecule has 0 radical (unpaired) electrons. The Labute approximate surface area is 220 Å². The quantitative estimate of drug-likeness (QED) is 0.438. The average molecular weight is 553 g/mol. The number of rotatable bonds is 10. The van der Waals surface area contributed by atoms with Gasteiger partial charge in [0.2, 0.25) is 20.0 Å². The van der Waals surface area contributed by atoms with Crippen molar-refractivity contribution >= 4 is 31.9 Å². The lowest BCUT2D eigenvalue weighted by Gasteiger charge is -2.25. The maximum Gasteiger partial charge on any atom is 0.424 e. The van der Waals surface area contributed by atoms with Crippen molar-refractivity contribution < 1.29 is 31.2 Å². The number of carbonyl (C=O) groups excluding carboxylic acids is 2. The molecular weight excluding hydrogens is 516 g/mol. The molecule has 0 bridgehead atoms. The van der Waals surface area contributed by atoms with Crippen LogP contribution in [-0.4, -0.2) is 63.2 Å². The van der Waals surface area contributed by atoms with E-state index in [0.29, 0.717) is 10.8 Å². The third kappa shape index (κ3) is 8.94. The van der Waals surface area contributed by atoms with E-state index in [2.05, 4.69) is 4.72 Å². The van der Waals surface area contributed by atoms with Crippen molar-refractivity contribution in [3.63, 3.8) is 0 Å². The Hall–Kier alpha value is -2.76. The smallest absolute Gasteiger partial charge is 0.424 e. The standard InChI is InChI=1S/C26H36N2O7S2/c1-18(2)37(33,34)27-16-19(3)20-8-10-21(11-9-20)22-12-14-23(15-13-22)24(29)17-28(36(7,31)32)25(30)35-26(4,5)6/h8-15,18-19,27H,16-17H2,1-7H3. The van der Waals surface area contributed by atoms with Crippen molar-refractivity contribution in [1.29, 1.82) is 0 Å². The summed E-state index contributed by atoms with van der Waals surface area (Å²) >= 11 is 0. The van der Waals surface area contributed by atoms with Crippen LogP contribution in [-0.2, 0) is 24.8 Å². The van der Waals surface area contributed by atoms with Crippen LogP contribution in [0.15, 0.2) is 48.5 Å². The predicted molar refractivity (Wildman–Crippen MR) is 144 cm³/mol. The predicted octanol–water partition coefficient (Wildman–Crippen LogP) is 4.16. The molecule has 0 spiro atoms. The van der Waals surface area contributed by atoms with Gasteiger partial charge in [0.25, 0.3) is 0 Å². The summed E-state index contributed by atoms with van der Waals surface area (Å²) < 4.78 is 56.4. The second-order valence-electron chi connectivity index (χ2n) is 10.2. The molecule has 1 N–H and O–H groups in total. The summed E-state index contributed by atoms with van der Waals surface area (Å²) in [7, 11) is -7.35. The number of nitrogens with zero attached hydrogens (tertiary/aromatic N) is 1. The van der Waals surface area contributed by atoms with Crippen molar-refractivity contribution in [2.24, 2.45) is 0 Å². The molecule has 37 heavy (non-hydrogen) atoms. The second-order valence-corrected chi connectivity index (χ2v) is 14.4. The molecule has 2 aromatic rings. The summed E-state index contributed by atoms with van der Waals surface area (Å²) in [5.74, 6) is -0.568. The van der Waals surface area contributed by atoms with E-state index in [4.69, 9.17) is 4.74 Å². The number of hydrogen-bond acceptors (Lipinski definition) is 7. The fraction of sp³-hybridized carbons (Fsp3) is 0.462. The maximum absolute atomic E-state index is 12.8. The van der Waals surface area contributed by atoms with Gasteiger partial charge < -0.3 is 4.74 Å². The first kappa shape index (κ1) is 30.5. The highest BCUT2D eigenvalue weighted by Gasteiger charge is 2.31. The Kier molecular flexibility index (Phi) is 9.67. The lowest BCUT2D eigenvalue weighted by molar-refractivity contribution is 0.0385. The van der Waals surface area contributed by atoms with Crippen molar-refractivity contribution in [1.82, 2.24) is 9.03 Å². The zero-order chi connectivity index (χ0) is 28.2. The SMILES string of the molecule is CC(CNS(=O)(=O)C(C)C)c1ccc(-c2ccc(C(=O)CN(C(=O)OC(C)(C)C)S(C)(=O)=O)cc2)cc1. The van der Waals surface area contributed by atoms with Crippen molar-refractivity contribution in [2.75, 3.05) is 19.3 Å². The largest absolute Gasteiger partial charge is 0.443 e. The molecule has 0 saturated carbocycles. The van der Waals surface area contributed by atoms with E-state index in [1.807, 2.05) is 31.2 Å². The first-order valence-corrected chi connectivity index (χ1v) is 15.2. The highest BCUT2D eigenvalue weighted by molar-refractivity contribution is 7.90. The molecule has 2 rings (SSSR count). The van der Waals surface area contributed by atoms with E-state index < -0.39 is 49.3 Å². The number of carbonyl (C=O) groups is 2. The van der Waals surface area contributed by atoms with Gasteiger partial charge in [0, 0.05) is 12.1 Å². The van der Waals surface area contributed by atoms with Gasteiger partial charge in [-0.25, -0.2) is 26.4 Å². The molecule has 0 aromatic heterocycles. The molecule has 1 unspecified atom stereocenters. The summed E-state index contributed by atoms with van der Waals surface area (Å²) in [5.41, 5.74) is 2.04. The van der Waals surface area contributed by atoms with E-state index in [9.17, 15) is 26.4 Å². The fourth-order valence-electron chi connectivity index (χ4n) is 3.23. The number of hydrogen-bond donors (Lipinski definition) is 1. The van der Waals surface area contributed by atoms with Crippen LogP contribution >= 0.6 is 0 Å². The molecule has 9 nitrogen and oxygen atoms in total. The zero-order valence-corrected chi connectivity index (χ0v) is 23.9. The Morgan fingerprint density at radius 2 is 1.38 bits per heavy atom. The van der Waals surface area contributed by atoms with Crippen molar-refractivity contribution in [3.8, 4) is 11.1 Å². The monoisotopic (exact) mass is 552 g/mol. The normalized spacial score (nSPS) is 13.3. The van der Waals surface area contributed by atoms with Gasteiger partial charge in [-0.3, -0.25) is 4.79 Å². The third-order valence-electron chi connectivity index (χ3n) is 5.52. The van der Waals surface area contributed by atoms with E-state index in [1.54, 1.807) is 58.9 Å². The molecule has 0 aliphatic rings. The average Bonchev–Trinajstić information content (AvgIpc) is 2.79. The molecule has 11 heteroatoms. The van der Waals surface area contributed by atoms with Crippen LogP contribution in [0, 0.1) is 0 Å². The number of Topliss-reactive ketones (excluding diaryl/α,β-unsaturated/α-hetero) is 1. The van der Waals surface area contributed by atoms with Gasteiger partial charge in [-0.05, 0) is 57.2 Å². The first-order chi connectivity index (χ1) is 16.9. The summed E-state index contributed by atoms with van der Waals surface area (Å²) in [5, 5.41) is -0.497. The summed E-state index contributed by atoms with van der Waals surface area (Å²) in [4.78, 5) is 25.1. The van der Waals surface area contributed by atoms with Gasteiger partial charge in [0.15, 0.2) is 5.78 Å². The lowest BCUT2D eigenvalue weighted by atomic mass is 9.97. The van der Waals surface area contributed by atoms with Gasteiger partial charge in [-0.2, -0.15) is 4.31 Å². The van der Waals surface area contributed by atoms with E-state index >= 15 is 0 Å². The number of sulfonamides is 2. The maximum atomic E-state index is 12.8. The number of nitrogens with one attached hydrogen (secondary N) is 1. The van der Waals surface area contributed by atoms with Gasteiger partial charge in [-0.1, -0.05) is 55.5 Å². The molecule has 2 aromatic carbocycles. The number of ether oxygens (including phenoxy) is 1. The third-order valence-corrected chi connectivity index (χ3v) is 8.40. The number of ketones is 1. The van der Waals surface area contributed by atoms with Gasteiger partial charge in [0.1, 0.15) is 12.1 Å². The van der Waals surface area contributed by atoms with Crippen LogP contribution in [0.25, 0.3) is 11.1 Å². The molecular formula is C26H36N2O7S2. The highest BCUT2D eigenvalue weighted by atomic mass is 32.2. The van der Waals surface area contributed by atoms with Crippen LogP contribution in [0.5, 0.6) is 0 Å². The van der Waals surface area contributed by atoms with Crippen molar-refractivity contribution in [3.05, 3.63) is 59.7 Å². The first-order valence-electron chi connectivity index (χ1n) is 11.8.